The molecular formula is C33H35N3O5. The third kappa shape index (κ3) is 4.71. The van der Waals surface area contributed by atoms with Gasteiger partial charge in [0.15, 0.2) is 0 Å². The lowest BCUT2D eigenvalue weighted by Gasteiger charge is -2.37. The third-order valence-electron chi connectivity index (χ3n) is 8.90. The Kier molecular flexibility index (Phi) is 7.13. The topological polar surface area (TPSA) is 108 Å². The minimum Gasteiger partial charge on any atom is -0.394 e. The molecule has 41 heavy (non-hydrogen) atoms. The van der Waals surface area contributed by atoms with Gasteiger partial charge in [0.25, 0.3) is 0 Å². The first-order chi connectivity index (χ1) is 19.8. The summed E-state index contributed by atoms with van der Waals surface area (Å²) in [7, 11) is 0. The summed E-state index contributed by atoms with van der Waals surface area (Å²) in [4.78, 5) is 43.8. The van der Waals surface area contributed by atoms with E-state index in [1.807, 2.05) is 80.6 Å². The monoisotopic (exact) mass is 553 g/mol. The maximum absolute atomic E-state index is 14.4. The number of hydrogen-bond donors (Lipinski definition) is 3. The van der Waals surface area contributed by atoms with Crippen molar-refractivity contribution in [1.29, 1.82) is 0 Å². The number of ether oxygens (including phenoxy) is 1. The average molecular weight is 554 g/mol. The molecule has 2 unspecified atom stereocenters. The predicted octanol–water partition coefficient (Wildman–Crippen LogP) is 3.86. The number of hydrogen-bond acceptors (Lipinski definition) is 5. The van der Waals surface area contributed by atoms with Crippen LogP contribution in [0.15, 0.2) is 78.9 Å². The maximum Gasteiger partial charge on any atom is 0.250 e. The van der Waals surface area contributed by atoms with Crippen molar-refractivity contribution in [2.75, 3.05) is 17.2 Å². The van der Waals surface area contributed by atoms with Crippen molar-refractivity contribution in [1.82, 2.24) is 4.90 Å². The van der Waals surface area contributed by atoms with Crippen molar-refractivity contribution < 1.29 is 24.2 Å². The van der Waals surface area contributed by atoms with Gasteiger partial charge in [0, 0.05) is 11.4 Å². The quantitative estimate of drug-likeness (QED) is 0.393. The summed E-state index contributed by atoms with van der Waals surface area (Å²) in [5.41, 5.74) is 2.97. The predicted molar refractivity (Wildman–Crippen MR) is 155 cm³/mol. The van der Waals surface area contributed by atoms with Crippen molar-refractivity contribution in [3.8, 4) is 0 Å². The molecule has 0 radical (unpaired) electrons. The van der Waals surface area contributed by atoms with Crippen molar-refractivity contribution in [2.45, 2.75) is 56.9 Å². The van der Waals surface area contributed by atoms with Gasteiger partial charge in [0.05, 0.1) is 30.6 Å². The zero-order valence-corrected chi connectivity index (χ0v) is 23.2. The van der Waals surface area contributed by atoms with E-state index in [9.17, 15) is 19.5 Å². The van der Waals surface area contributed by atoms with E-state index in [1.165, 1.54) is 4.90 Å². The maximum atomic E-state index is 14.4. The van der Waals surface area contributed by atoms with Crippen molar-refractivity contribution >= 4 is 29.1 Å². The highest BCUT2D eigenvalue weighted by atomic mass is 16.5. The Morgan fingerprint density at radius 2 is 1.71 bits per heavy atom. The normalized spacial score (nSPS) is 27.0. The summed E-state index contributed by atoms with van der Waals surface area (Å²) in [5, 5.41) is 16.6. The fraction of sp³-hybridized carbons (Fsp3) is 0.364. The molecule has 1 spiro atoms. The van der Waals surface area contributed by atoms with Gasteiger partial charge >= 0.3 is 0 Å². The summed E-state index contributed by atoms with van der Waals surface area (Å²) in [5.74, 6) is -2.56. The Labute approximate surface area is 239 Å². The van der Waals surface area contributed by atoms with E-state index in [1.54, 1.807) is 12.1 Å². The van der Waals surface area contributed by atoms with Gasteiger partial charge in [-0.25, -0.2) is 0 Å². The number of amides is 3. The largest absolute Gasteiger partial charge is 0.394 e. The van der Waals surface area contributed by atoms with Crippen LogP contribution in [0.1, 0.15) is 29.5 Å². The highest BCUT2D eigenvalue weighted by Crippen LogP contribution is 2.59. The molecule has 3 aromatic carbocycles. The van der Waals surface area contributed by atoms with Gasteiger partial charge in [0.1, 0.15) is 11.6 Å². The van der Waals surface area contributed by atoms with E-state index in [0.29, 0.717) is 30.6 Å². The molecule has 212 valence electrons. The summed E-state index contributed by atoms with van der Waals surface area (Å²) in [6, 6.07) is 22.9. The first-order valence-corrected chi connectivity index (χ1v) is 14.2. The van der Waals surface area contributed by atoms with Crippen LogP contribution in [0.5, 0.6) is 0 Å². The number of fused-ring (bicyclic) bond motifs is 1. The lowest BCUT2D eigenvalue weighted by molar-refractivity contribution is -0.143. The van der Waals surface area contributed by atoms with Crippen molar-refractivity contribution in [2.24, 2.45) is 11.8 Å². The average Bonchev–Trinajstić information content (AvgIpc) is 3.62. The molecule has 3 heterocycles. The Morgan fingerprint density at radius 1 is 1.00 bits per heavy atom. The fourth-order valence-electron chi connectivity index (χ4n) is 7.04. The molecule has 2 bridgehead atoms. The van der Waals surface area contributed by atoms with E-state index in [-0.39, 0.29) is 24.3 Å². The number of nitrogens with zero attached hydrogens (tertiary/aromatic N) is 1. The van der Waals surface area contributed by atoms with Gasteiger partial charge in [-0.2, -0.15) is 0 Å². The van der Waals surface area contributed by atoms with Crippen molar-refractivity contribution in [3.05, 3.63) is 95.6 Å². The molecule has 8 nitrogen and oxygen atoms in total. The van der Waals surface area contributed by atoms with Crippen LogP contribution in [0.2, 0.25) is 0 Å². The minimum absolute atomic E-state index is 0.291. The first kappa shape index (κ1) is 27.2. The number of aliphatic hydroxyl groups is 1. The molecule has 3 fully saturated rings. The van der Waals surface area contributed by atoms with Gasteiger partial charge in [-0.3, -0.25) is 14.4 Å². The number of carbonyl (C=O) groups is 3. The lowest BCUT2D eigenvalue weighted by atomic mass is 9.70. The van der Waals surface area contributed by atoms with Gasteiger partial charge in [-0.05, 0) is 68.0 Å². The molecule has 0 aliphatic carbocycles. The third-order valence-corrected chi connectivity index (χ3v) is 8.90. The number of carbonyl (C=O) groups excluding carboxylic acids is 3. The van der Waals surface area contributed by atoms with Crippen LogP contribution in [0.25, 0.3) is 0 Å². The van der Waals surface area contributed by atoms with E-state index in [0.717, 1.165) is 16.7 Å². The summed E-state index contributed by atoms with van der Waals surface area (Å²) >= 11 is 0. The fourth-order valence-corrected chi connectivity index (χ4v) is 7.04. The molecule has 6 rings (SSSR count). The number of para-hydroxylation sites is 1. The van der Waals surface area contributed by atoms with Crippen LogP contribution in [0.3, 0.4) is 0 Å². The van der Waals surface area contributed by atoms with Gasteiger partial charge in [0.2, 0.25) is 17.7 Å². The second-order valence-electron chi connectivity index (χ2n) is 11.5. The second kappa shape index (κ2) is 10.8. The van der Waals surface area contributed by atoms with Crippen LogP contribution in [0.4, 0.5) is 11.4 Å². The molecule has 3 aliphatic rings. The van der Waals surface area contributed by atoms with Crippen molar-refractivity contribution in [3.63, 3.8) is 0 Å². The number of benzene rings is 3. The number of rotatable bonds is 8. The van der Waals surface area contributed by atoms with Crippen LogP contribution in [0, 0.1) is 25.7 Å². The molecule has 3 saturated heterocycles. The number of anilines is 2. The number of aryl methyl sites for hydroxylation is 2. The molecule has 3 N–H and O–H groups in total. The van der Waals surface area contributed by atoms with Gasteiger partial charge in [-0.1, -0.05) is 60.7 Å². The smallest absolute Gasteiger partial charge is 0.250 e. The Balaban J connectivity index is 1.38. The van der Waals surface area contributed by atoms with Crippen LogP contribution < -0.4 is 10.6 Å². The van der Waals surface area contributed by atoms with E-state index in [2.05, 4.69) is 10.6 Å². The zero-order chi connectivity index (χ0) is 28.7. The standard InChI is InChI=1S/C33H35N3O5/c1-20-13-14-21(2)25(17-20)35-31(39)29-33-16-15-26(41-33)27(30(38)34-23-11-7-4-8-12-23)28(33)32(40)36(29)24(19-37)18-22-9-5-3-6-10-22/h3-14,17,24,26-29,37H,15-16,18-19H2,1-2H3,(H,34,38)(H,35,39)/t24-,26+,27-,28+,29?,33?/m1/s1. The van der Waals surface area contributed by atoms with E-state index < -0.39 is 35.6 Å². The molecule has 3 aliphatic heterocycles. The van der Waals surface area contributed by atoms with E-state index in [4.69, 9.17) is 4.74 Å². The molecule has 3 amide bonds. The van der Waals surface area contributed by atoms with Crippen LogP contribution in [-0.2, 0) is 25.5 Å². The second-order valence-corrected chi connectivity index (χ2v) is 11.5. The Morgan fingerprint density at radius 3 is 2.41 bits per heavy atom. The molecule has 6 atom stereocenters. The molecule has 3 aromatic rings. The van der Waals surface area contributed by atoms with Gasteiger partial charge in [-0.15, -0.1) is 0 Å². The Bertz CT molecular complexity index is 1460. The van der Waals surface area contributed by atoms with Crippen LogP contribution >= 0.6 is 0 Å². The number of nitrogens with one attached hydrogen (secondary N) is 2. The highest BCUT2D eigenvalue weighted by molar-refractivity contribution is 6.05. The minimum atomic E-state index is -1.16. The Hall–Kier alpha value is -4.01. The SMILES string of the molecule is Cc1ccc(C)c(NC(=O)C2N([C@@H](CO)Cc3ccccc3)C(=O)[C@@H]3[C@H](C(=O)Nc4ccccc4)[C@@H]4CCC23O4)c1. The summed E-state index contributed by atoms with van der Waals surface area (Å²) < 4.78 is 6.56. The molecule has 8 heteroatoms. The van der Waals surface area contributed by atoms with Crippen LogP contribution in [-0.4, -0.2) is 58.1 Å². The molecular weight excluding hydrogens is 518 g/mol. The molecule has 0 saturated carbocycles. The van der Waals surface area contributed by atoms with Gasteiger partial charge < -0.3 is 25.4 Å². The summed E-state index contributed by atoms with van der Waals surface area (Å²) in [6.07, 6.45) is 0.949. The number of aliphatic hydroxyl groups excluding tert-OH is 1. The lowest BCUT2D eigenvalue weighted by Crippen LogP contribution is -2.56. The summed E-state index contributed by atoms with van der Waals surface area (Å²) in [6.45, 7) is 3.54. The highest BCUT2D eigenvalue weighted by Gasteiger charge is 2.75. The number of likely N-dealkylation sites (tertiary alicyclic amines) is 1. The van der Waals surface area contributed by atoms with E-state index >= 15 is 0 Å². The first-order valence-electron chi connectivity index (χ1n) is 14.2. The molecule has 0 aromatic heterocycles. The zero-order valence-electron chi connectivity index (χ0n) is 23.2.